The van der Waals surface area contributed by atoms with Crippen LogP contribution in [0.5, 0.6) is 0 Å². The molecule has 2 aromatic rings. The van der Waals surface area contributed by atoms with E-state index in [1.807, 2.05) is 6.07 Å². The highest BCUT2D eigenvalue weighted by Gasteiger charge is 2.14. The van der Waals surface area contributed by atoms with Crippen LogP contribution in [0.3, 0.4) is 0 Å². The molecule has 1 aromatic carbocycles. The van der Waals surface area contributed by atoms with Crippen LogP contribution in [-0.2, 0) is 0 Å². The van der Waals surface area contributed by atoms with Gasteiger partial charge in [0.25, 0.3) is 0 Å². The molecule has 0 unspecified atom stereocenters. The van der Waals surface area contributed by atoms with Gasteiger partial charge in [0.2, 0.25) is 0 Å². The van der Waals surface area contributed by atoms with E-state index in [0.29, 0.717) is 11.9 Å². The Morgan fingerprint density at radius 1 is 1.35 bits per heavy atom. The third-order valence-corrected chi connectivity index (χ3v) is 4.03. The molecular weight excluding hydrogens is 252 g/mol. The molecule has 0 aliphatic rings. The van der Waals surface area contributed by atoms with E-state index >= 15 is 0 Å². The molecular formula is C13H17ClN2S. The number of alkyl halides is 1. The van der Waals surface area contributed by atoms with Crippen LogP contribution in [0.1, 0.15) is 20.3 Å². The molecule has 0 spiro atoms. The molecule has 0 atom stereocenters. The number of anilines is 1. The van der Waals surface area contributed by atoms with Crippen LogP contribution in [0, 0.1) is 0 Å². The van der Waals surface area contributed by atoms with Crippen LogP contribution in [-0.4, -0.2) is 23.5 Å². The maximum Gasteiger partial charge on any atom is 0.186 e. The van der Waals surface area contributed by atoms with Gasteiger partial charge in [-0.2, -0.15) is 0 Å². The summed E-state index contributed by atoms with van der Waals surface area (Å²) in [7, 11) is 0. The van der Waals surface area contributed by atoms with E-state index in [1.54, 1.807) is 11.3 Å². The Bertz CT molecular complexity index is 448. The Balaban J connectivity index is 2.28. The molecule has 17 heavy (non-hydrogen) atoms. The van der Waals surface area contributed by atoms with Gasteiger partial charge in [0.1, 0.15) is 0 Å². The van der Waals surface area contributed by atoms with Gasteiger partial charge in [0.05, 0.1) is 10.2 Å². The first kappa shape index (κ1) is 12.7. The van der Waals surface area contributed by atoms with Crippen molar-refractivity contribution in [3.05, 3.63) is 24.3 Å². The smallest absolute Gasteiger partial charge is 0.186 e. The monoisotopic (exact) mass is 268 g/mol. The predicted octanol–water partition coefficient (Wildman–Crippen LogP) is 4.14. The second-order valence-electron chi connectivity index (χ2n) is 4.29. The van der Waals surface area contributed by atoms with E-state index < -0.39 is 0 Å². The van der Waals surface area contributed by atoms with Gasteiger partial charge < -0.3 is 4.90 Å². The molecule has 1 heterocycles. The van der Waals surface area contributed by atoms with Gasteiger partial charge >= 0.3 is 0 Å². The Morgan fingerprint density at radius 3 is 2.76 bits per heavy atom. The first-order valence-electron chi connectivity index (χ1n) is 5.90. The van der Waals surface area contributed by atoms with Crippen LogP contribution in [0.25, 0.3) is 10.2 Å². The van der Waals surface area contributed by atoms with Crippen molar-refractivity contribution in [3.63, 3.8) is 0 Å². The molecule has 0 fully saturated rings. The predicted molar refractivity (Wildman–Crippen MR) is 77.4 cm³/mol. The lowest BCUT2D eigenvalue weighted by Gasteiger charge is -2.25. The molecule has 2 nitrogen and oxygen atoms in total. The number of benzene rings is 1. The van der Waals surface area contributed by atoms with E-state index in [1.165, 1.54) is 4.70 Å². The number of hydrogen-bond donors (Lipinski definition) is 0. The molecule has 2 rings (SSSR count). The van der Waals surface area contributed by atoms with Crippen LogP contribution in [0.4, 0.5) is 5.13 Å². The summed E-state index contributed by atoms with van der Waals surface area (Å²) in [5, 5.41) is 1.10. The average Bonchev–Trinajstić information content (AvgIpc) is 2.72. The standard InChI is InChI=1S/C13H17ClN2S/c1-10(2)16(9-5-8-14)13-15-11-6-3-4-7-12(11)17-13/h3-4,6-7,10H,5,8-9H2,1-2H3. The minimum absolute atomic E-state index is 0.457. The highest BCUT2D eigenvalue weighted by Crippen LogP contribution is 2.29. The zero-order valence-electron chi connectivity index (χ0n) is 10.2. The maximum absolute atomic E-state index is 5.77. The molecule has 0 saturated heterocycles. The molecule has 0 N–H and O–H groups in total. The largest absolute Gasteiger partial charge is 0.346 e. The quantitative estimate of drug-likeness (QED) is 0.758. The third-order valence-electron chi connectivity index (χ3n) is 2.68. The van der Waals surface area contributed by atoms with E-state index in [2.05, 4.69) is 41.9 Å². The Kier molecular flexibility index (Phi) is 4.24. The highest BCUT2D eigenvalue weighted by molar-refractivity contribution is 7.22. The first-order chi connectivity index (χ1) is 8.22. The van der Waals surface area contributed by atoms with Crippen molar-refractivity contribution in [3.8, 4) is 0 Å². The van der Waals surface area contributed by atoms with Gasteiger partial charge in [0, 0.05) is 18.5 Å². The Labute approximate surface area is 111 Å². The van der Waals surface area contributed by atoms with Crippen molar-refractivity contribution < 1.29 is 0 Å². The van der Waals surface area contributed by atoms with Gasteiger partial charge in [0.15, 0.2) is 5.13 Å². The van der Waals surface area contributed by atoms with Crippen molar-refractivity contribution in [1.29, 1.82) is 0 Å². The molecule has 0 aliphatic heterocycles. The molecule has 0 saturated carbocycles. The zero-order chi connectivity index (χ0) is 12.3. The fourth-order valence-corrected chi connectivity index (χ4v) is 3.03. The minimum atomic E-state index is 0.457. The number of para-hydroxylation sites is 1. The number of hydrogen-bond acceptors (Lipinski definition) is 3. The fourth-order valence-electron chi connectivity index (χ4n) is 1.79. The second-order valence-corrected chi connectivity index (χ2v) is 5.68. The lowest BCUT2D eigenvalue weighted by Crippen LogP contribution is -2.31. The van der Waals surface area contributed by atoms with E-state index in [9.17, 15) is 0 Å². The van der Waals surface area contributed by atoms with Gasteiger partial charge in [-0.1, -0.05) is 23.5 Å². The summed E-state index contributed by atoms with van der Waals surface area (Å²) >= 11 is 7.53. The molecule has 1 aromatic heterocycles. The second kappa shape index (κ2) is 5.69. The normalized spacial score (nSPS) is 11.3. The third kappa shape index (κ3) is 2.90. The van der Waals surface area contributed by atoms with Crippen LogP contribution >= 0.6 is 22.9 Å². The topological polar surface area (TPSA) is 16.1 Å². The van der Waals surface area contributed by atoms with Gasteiger partial charge in [-0.15, -0.1) is 11.6 Å². The van der Waals surface area contributed by atoms with Crippen molar-refractivity contribution in [2.75, 3.05) is 17.3 Å². The fraction of sp³-hybridized carbons (Fsp3) is 0.462. The van der Waals surface area contributed by atoms with Gasteiger partial charge in [-0.3, -0.25) is 0 Å². The van der Waals surface area contributed by atoms with Crippen molar-refractivity contribution in [2.24, 2.45) is 0 Å². The summed E-state index contributed by atoms with van der Waals surface area (Å²) in [6.07, 6.45) is 0.996. The Hall–Kier alpha value is -0.800. The summed E-state index contributed by atoms with van der Waals surface area (Å²) in [6, 6.07) is 8.73. The lowest BCUT2D eigenvalue weighted by atomic mass is 10.3. The van der Waals surface area contributed by atoms with Crippen molar-refractivity contribution in [1.82, 2.24) is 4.98 Å². The van der Waals surface area contributed by atoms with Crippen LogP contribution in [0.2, 0.25) is 0 Å². The van der Waals surface area contributed by atoms with Crippen LogP contribution in [0.15, 0.2) is 24.3 Å². The molecule has 0 aliphatic carbocycles. The lowest BCUT2D eigenvalue weighted by molar-refractivity contribution is 0.671. The summed E-state index contributed by atoms with van der Waals surface area (Å²) in [5.41, 5.74) is 1.09. The number of thiazole rings is 1. The number of fused-ring (bicyclic) bond motifs is 1. The van der Waals surface area contributed by atoms with Crippen LogP contribution < -0.4 is 4.90 Å². The zero-order valence-corrected chi connectivity index (χ0v) is 11.8. The van der Waals surface area contributed by atoms with Gasteiger partial charge in [-0.25, -0.2) is 4.98 Å². The SMILES string of the molecule is CC(C)N(CCCCl)c1nc2ccccc2s1. The van der Waals surface area contributed by atoms with Crippen molar-refractivity contribution >= 4 is 38.3 Å². The van der Waals surface area contributed by atoms with E-state index in [-0.39, 0.29) is 0 Å². The first-order valence-corrected chi connectivity index (χ1v) is 7.25. The molecule has 0 bridgehead atoms. The molecule has 0 radical (unpaired) electrons. The highest BCUT2D eigenvalue weighted by atomic mass is 35.5. The minimum Gasteiger partial charge on any atom is -0.346 e. The van der Waals surface area contributed by atoms with Crippen molar-refractivity contribution in [2.45, 2.75) is 26.3 Å². The number of nitrogens with zero attached hydrogens (tertiary/aromatic N) is 2. The van der Waals surface area contributed by atoms with E-state index in [4.69, 9.17) is 11.6 Å². The number of halogens is 1. The van der Waals surface area contributed by atoms with E-state index in [0.717, 1.165) is 23.6 Å². The maximum atomic E-state index is 5.77. The Morgan fingerprint density at radius 2 is 2.12 bits per heavy atom. The summed E-state index contributed by atoms with van der Waals surface area (Å²) in [4.78, 5) is 7.02. The summed E-state index contributed by atoms with van der Waals surface area (Å²) in [6.45, 7) is 5.36. The average molecular weight is 269 g/mol. The summed E-state index contributed by atoms with van der Waals surface area (Å²) < 4.78 is 1.25. The number of aromatic nitrogens is 1. The molecule has 0 amide bonds. The number of rotatable bonds is 5. The molecule has 4 heteroatoms. The summed E-state index contributed by atoms with van der Waals surface area (Å²) in [5.74, 6) is 0.702. The van der Waals surface area contributed by atoms with Gasteiger partial charge in [-0.05, 0) is 32.4 Å². The molecule has 92 valence electrons.